The molecular formula is C18H27F3IN5O2. The molecule has 1 aliphatic rings. The summed E-state index contributed by atoms with van der Waals surface area (Å²) in [7, 11) is 1.63. The third-order valence-corrected chi connectivity index (χ3v) is 4.37. The molecule has 164 valence electrons. The Kier molecular flexibility index (Phi) is 10.5. The average molecular weight is 529 g/mol. The highest BCUT2D eigenvalue weighted by molar-refractivity contribution is 14.0. The van der Waals surface area contributed by atoms with Gasteiger partial charge in [0.05, 0.1) is 18.1 Å². The molecule has 0 amide bonds. The molecule has 0 spiro atoms. The Labute approximate surface area is 185 Å². The van der Waals surface area contributed by atoms with Gasteiger partial charge in [-0.2, -0.15) is 13.2 Å². The summed E-state index contributed by atoms with van der Waals surface area (Å²) < 4.78 is 44.0. The third kappa shape index (κ3) is 7.52. The summed E-state index contributed by atoms with van der Waals surface area (Å²) >= 11 is 0. The van der Waals surface area contributed by atoms with Crippen molar-refractivity contribution in [3.05, 3.63) is 23.9 Å². The molecule has 1 aromatic heterocycles. The van der Waals surface area contributed by atoms with Crippen LogP contribution in [0.5, 0.6) is 0 Å². The Morgan fingerprint density at radius 1 is 1.41 bits per heavy atom. The number of nitrogens with one attached hydrogen (secondary N) is 2. The molecule has 0 aromatic carbocycles. The fourth-order valence-corrected chi connectivity index (χ4v) is 3.08. The summed E-state index contributed by atoms with van der Waals surface area (Å²) in [5.74, 6) is -0.00705. The van der Waals surface area contributed by atoms with Gasteiger partial charge < -0.3 is 20.3 Å². The monoisotopic (exact) mass is 529 g/mol. The van der Waals surface area contributed by atoms with E-state index in [1.165, 1.54) is 12.3 Å². The maximum atomic E-state index is 13.0. The zero-order valence-corrected chi connectivity index (χ0v) is 18.8. The highest BCUT2D eigenvalue weighted by Crippen LogP contribution is 2.33. The molecule has 29 heavy (non-hydrogen) atoms. The quantitative estimate of drug-likeness (QED) is 0.194. The summed E-state index contributed by atoms with van der Waals surface area (Å²) in [5, 5.41) is 5.82. The van der Waals surface area contributed by atoms with Crippen molar-refractivity contribution < 1.29 is 22.7 Å². The fraction of sp³-hybridized carbons (Fsp3) is 0.611. The lowest BCUT2D eigenvalue weighted by Crippen LogP contribution is -2.49. The van der Waals surface area contributed by atoms with Gasteiger partial charge in [0.2, 0.25) is 0 Å². The maximum absolute atomic E-state index is 13.0. The molecule has 0 saturated carbocycles. The number of alkyl halides is 3. The molecular weight excluding hydrogens is 502 g/mol. The van der Waals surface area contributed by atoms with Crippen LogP contribution in [-0.4, -0.2) is 61.6 Å². The van der Waals surface area contributed by atoms with Crippen LogP contribution < -0.4 is 10.6 Å². The molecule has 11 heteroatoms. The number of piperidine rings is 1. The van der Waals surface area contributed by atoms with Gasteiger partial charge in [0.15, 0.2) is 5.96 Å². The molecule has 2 rings (SSSR count). The first-order valence-electron chi connectivity index (χ1n) is 9.25. The summed E-state index contributed by atoms with van der Waals surface area (Å²) in [6.45, 7) is 3.96. The number of hydrogen-bond acceptors (Lipinski definition) is 5. The average Bonchev–Trinajstić information content (AvgIpc) is 2.68. The zero-order valence-electron chi connectivity index (χ0n) is 16.5. The highest BCUT2D eigenvalue weighted by Gasteiger charge is 2.34. The second-order valence-corrected chi connectivity index (χ2v) is 6.34. The van der Waals surface area contributed by atoms with E-state index in [9.17, 15) is 18.0 Å². The number of aromatic nitrogens is 1. The van der Waals surface area contributed by atoms with Gasteiger partial charge in [0.25, 0.3) is 0 Å². The molecule has 7 nitrogen and oxygen atoms in total. The number of hydrogen-bond donors (Lipinski definition) is 2. The van der Waals surface area contributed by atoms with E-state index in [-0.39, 0.29) is 48.2 Å². The fourth-order valence-electron chi connectivity index (χ4n) is 3.08. The topological polar surface area (TPSA) is 78.8 Å². The molecule has 1 fully saturated rings. The van der Waals surface area contributed by atoms with Crippen molar-refractivity contribution in [2.45, 2.75) is 25.9 Å². The minimum absolute atomic E-state index is 0. The number of likely N-dealkylation sites (tertiary alicyclic amines) is 1. The van der Waals surface area contributed by atoms with Gasteiger partial charge in [-0.25, -0.2) is 4.98 Å². The number of esters is 1. The van der Waals surface area contributed by atoms with Gasteiger partial charge in [-0.15, -0.1) is 24.0 Å². The molecule has 1 unspecified atom stereocenters. The molecule has 1 aliphatic heterocycles. The SMILES string of the molecule is CCOC(=O)C1CCCN(C(=NC)NCCNc2ncccc2C(F)(F)F)C1.I. The van der Waals surface area contributed by atoms with Crippen LogP contribution in [0.4, 0.5) is 19.0 Å². The number of halogens is 4. The number of anilines is 1. The molecule has 2 N–H and O–H groups in total. The minimum Gasteiger partial charge on any atom is -0.466 e. The van der Waals surface area contributed by atoms with Gasteiger partial charge >= 0.3 is 12.1 Å². The van der Waals surface area contributed by atoms with Crippen LogP contribution in [0.1, 0.15) is 25.3 Å². The van der Waals surface area contributed by atoms with Crippen LogP contribution in [0.25, 0.3) is 0 Å². The van der Waals surface area contributed by atoms with Crippen molar-refractivity contribution in [2.75, 3.05) is 45.2 Å². The lowest BCUT2D eigenvalue weighted by Gasteiger charge is -2.34. The van der Waals surface area contributed by atoms with Gasteiger partial charge in [-0.3, -0.25) is 9.79 Å². The zero-order chi connectivity index (χ0) is 20.6. The third-order valence-electron chi connectivity index (χ3n) is 4.37. The molecule has 1 atom stereocenters. The number of aliphatic imine (C=N–C) groups is 1. The minimum atomic E-state index is -4.46. The number of pyridine rings is 1. The first-order valence-corrected chi connectivity index (χ1v) is 9.25. The summed E-state index contributed by atoms with van der Waals surface area (Å²) in [6.07, 6.45) is -1.54. The molecule has 1 saturated heterocycles. The second kappa shape index (κ2) is 12.0. The van der Waals surface area contributed by atoms with E-state index < -0.39 is 11.7 Å². The summed E-state index contributed by atoms with van der Waals surface area (Å²) in [5.41, 5.74) is -0.798. The van der Waals surface area contributed by atoms with Crippen molar-refractivity contribution in [3.63, 3.8) is 0 Å². The molecule has 0 bridgehead atoms. The van der Waals surface area contributed by atoms with E-state index in [4.69, 9.17) is 4.74 Å². The molecule has 1 aromatic rings. The lowest BCUT2D eigenvalue weighted by atomic mass is 9.98. The van der Waals surface area contributed by atoms with Crippen molar-refractivity contribution in [1.82, 2.24) is 15.2 Å². The predicted octanol–water partition coefficient (Wildman–Crippen LogP) is 2.98. The van der Waals surface area contributed by atoms with Crippen LogP contribution in [0.15, 0.2) is 23.3 Å². The Bertz CT molecular complexity index is 688. The normalized spacial score (nSPS) is 17.3. The van der Waals surface area contributed by atoms with Gasteiger partial charge in [-0.1, -0.05) is 0 Å². The highest BCUT2D eigenvalue weighted by atomic mass is 127. The van der Waals surface area contributed by atoms with E-state index in [1.807, 2.05) is 4.90 Å². The number of nitrogens with zero attached hydrogens (tertiary/aromatic N) is 3. The number of guanidine groups is 1. The molecule has 0 aliphatic carbocycles. The van der Waals surface area contributed by atoms with Crippen molar-refractivity contribution in [1.29, 1.82) is 0 Å². The van der Waals surface area contributed by atoms with Crippen molar-refractivity contribution >= 4 is 41.7 Å². The van der Waals surface area contributed by atoms with E-state index in [0.717, 1.165) is 25.5 Å². The van der Waals surface area contributed by atoms with Crippen LogP contribution in [0.2, 0.25) is 0 Å². The van der Waals surface area contributed by atoms with Gasteiger partial charge in [0.1, 0.15) is 5.82 Å². The Hall–Kier alpha value is -1.79. The standard InChI is InChI=1S/C18H26F3N5O2.HI/c1-3-28-16(27)13-6-5-11-26(12-13)17(22-2)25-10-9-24-15-14(18(19,20)21)7-4-8-23-15;/h4,7-8,13H,3,5-6,9-12H2,1-2H3,(H,22,25)(H,23,24);1H. The Morgan fingerprint density at radius 3 is 2.83 bits per heavy atom. The number of carbonyl (C=O) groups excluding carboxylic acids is 1. The van der Waals surface area contributed by atoms with Gasteiger partial charge in [-0.05, 0) is 31.9 Å². The number of carbonyl (C=O) groups is 1. The lowest BCUT2D eigenvalue weighted by molar-refractivity contribution is -0.149. The first-order chi connectivity index (χ1) is 13.4. The predicted molar refractivity (Wildman–Crippen MR) is 115 cm³/mol. The van der Waals surface area contributed by atoms with Gasteiger partial charge in [0, 0.05) is 39.4 Å². The van der Waals surface area contributed by atoms with Crippen LogP contribution >= 0.6 is 24.0 Å². The first kappa shape index (κ1) is 25.2. The second-order valence-electron chi connectivity index (χ2n) is 6.34. The number of rotatable bonds is 6. The largest absolute Gasteiger partial charge is 0.466 e. The van der Waals surface area contributed by atoms with Crippen molar-refractivity contribution in [3.8, 4) is 0 Å². The Balaban J connectivity index is 0.00000420. The van der Waals surface area contributed by atoms with E-state index in [0.29, 0.717) is 25.7 Å². The van der Waals surface area contributed by atoms with Crippen molar-refractivity contribution in [2.24, 2.45) is 10.9 Å². The Morgan fingerprint density at radius 2 is 2.17 bits per heavy atom. The smallest absolute Gasteiger partial charge is 0.419 e. The maximum Gasteiger partial charge on any atom is 0.419 e. The number of ether oxygens (including phenoxy) is 1. The van der Waals surface area contributed by atoms with E-state index in [2.05, 4.69) is 20.6 Å². The summed E-state index contributed by atoms with van der Waals surface area (Å²) in [4.78, 5) is 21.9. The van der Waals surface area contributed by atoms with Crippen LogP contribution in [0, 0.1) is 5.92 Å². The molecule has 2 heterocycles. The molecule has 0 radical (unpaired) electrons. The van der Waals surface area contributed by atoms with Crippen LogP contribution in [0.3, 0.4) is 0 Å². The van der Waals surface area contributed by atoms with Crippen LogP contribution in [-0.2, 0) is 15.7 Å². The van der Waals surface area contributed by atoms with E-state index >= 15 is 0 Å². The summed E-state index contributed by atoms with van der Waals surface area (Å²) in [6, 6.07) is 2.25. The van der Waals surface area contributed by atoms with E-state index in [1.54, 1.807) is 14.0 Å².